The first kappa shape index (κ1) is 13.5. The fourth-order valence-corrected chi connectivity index (χ4v) is 1.91. The zero-order chi connectivity index (χ0) is 12.1. The Morgan fingerprint density at radius 3 is 2.31 bits per heavy atom. The first-order valence-corrected chi connectivity index (χ1v) is 6.16. The van der Waals surface area contributed by atoms with Crippen LogP contribution in [0.2, 0.25) is 0 Å². The molecular weight excluding hydrogens is 202 g/mol. The van der Waals surface area contributed by atoms with Gasteiger partial charge < -0.3 is 9.80 Å². The van der Waals surface area contributed by atoms with Crippen LogP contribution in [-0.4, -0.2) is 74.0 Å². The van der Waals surface area contributed by atoms with Crippen molar-refractivity contribution in [1.29, 1.82) is 0 Å². The summed E-state index contributed by atoms with van der Waals surface area (Å²) in [5, 5.41) is 0. The van der Waals surface area contributed by atoms with E-state index in [1.165, 1.54) is 0 Å². The van der Waals surface area contributed by atoms with E-state index >= 15 is 0 Å². The number of rotatable bonds is 4. The van der Waals surface area contributed by atoms with Gasteiger partial charge in [0.1, 0.15) is 0 Å². The Morgan fingerprint density at radius 1 is 1.25 bits per heavy atom. The molecule has 0 aliphatic carbocycles. The van der Waals surface area contributed by atoms with E-state index in [1.54, 1.807) is 0 Å². The highest BCUT2D eigenvalue weighted by molar-refractivity contribution is 5.77. The minimum absolute atomic E-state index is 0.109. The Hall–Kier alpha value is -0.610. The van der Waals surface area contributed by atoms with Crippen molar-refractivity contribution >= 4 is 5.91 Å². The van der Waals surface area contributed by atoms with Gasteiger partial charge in [-0.1, -0.05) is 13.8 Å². The van der Waals surface area contributed by atoms with E-state index in [9.17, 15) is 4.79 Å². The monoisotopic (exact) mass is 227 g/mol. The number of amides is 1. The largest absolute Gasteiger partial charge is 0.344 e. The van der Waals surface area contributed by atoms with Gasteiger partial charge in [-0.05, 0) is 7.05 Å². The molecule has 1 aliphatic rings. The molecule has 1 aliphatic heterocycles. The van der Waals surface area contributed by atoms with Crippen molar-refractivity contribution in [2.75, 3.05) is 53.4 Å². The fourth-order valence-electron chi connectivity index (χ4n) is 1.91. The van der Waals surface area contributed by atoms with Crippen LogP contribution in [0.15, 0.2) is 0 Å². The minimum Gasteiger partial charge on any atom is -0.344 e. The van der Waals surface area contributed by atoms with Crippen molar-refractivity contribution in [3.8, 4) is 0 Å². The van der Waals surface area contributed by atoms with Gasteiger partial charge in [0.25, 0.3) is 0 Å². The van der Waals surface area contributed by atoms with Crippen LogP contribution in [0.3, 0.4) is 0 Å². The molecule has 0 atom stereocenters. The molecule has 1 fully saturated rings. The van der Waals surface area contributed by atoms with Crippen LogP contribution in [0.5, 0.6) is 0 Å². The van der Waals surface area contributed by atoms with Crippen molar-refractivity contribution in [1.82, 2.24) is 14.7 Å². The van der Waals surface area contributed by atoms with E-state index in [2.05, 4.69) is 16.8 Å². The highest BCUT2D eigenvalue weighted by Crippen LogP contribution is 2.02. The third-order valence-electron chi connectivity index (χ3n) is 3.22. The number of likely N-dealkylation sites (N-methyl/N-ethyl adjacent to an activating group) is 2. The summed E-state index contributed by atoms with van der Waals surface area (Å²) in [5.74, 6) is 0.353. The topological polar surface area (TPSA) is 26.8 Å². The zero-order valence-electron chi connectivity index (χ0n) is 11.1. The molecule has 16 heavy (non-hydrogen) atoms. The van der Waals surface area contributed by atoms with Crippen molar-refractivity contribution in [3.63, 3.8) is 0 Å². The molecule has 0 aromatic heterocycles. The molecule has 0 saturated carbocycles. The van der Waals surface area contributed by atoms with Crippen LogP contribution in [0.25, 0.3) is 0 Å². The van der Waals surface area contributed by atoms with Gasteiger partial charge in [-0.2, -0.15) is 0 Å². The summed E-state index contributed by atoms with van der Waals surface area (Å²) in [6, 6.07) is 0. The molecule has 4 nitrogen and oxygen atoms in total. The van der Waals surface area contributed by atoms with Gasteiger partial charge in [-0.25, -0.2) is 0 Å². The summed E-state index contributed by atoms with van der Waals surface area (Å²) < 4.78 is 0. The third-order valence-corrected chi connectivity index (χ3v) is 3.22. The average molecular weight is 227 g/mol. The van der Waals surface area contributed by atoms with E-state index in [0.29, 0.717) is 0 Å². The SMILES string of the molecule is CC(C)C(=O)N(C)CCN1CCN(C)CC1. The molecule has 1 rings (SSSR count). The van der Waals surface area contributed by atoms with Crippen molar-refractivity contribution < 1.29 is 4.79 Å². The molecule has 0 aromatic carbocycles. The molecule has 4 heteroatoms. The molecule has 1 saturated heterocycles. The van der Waals surface area contributed by atoms with Crippen molar-refractivity contribution in [2.45, 2.75) is 13.8 Å². The fraction of sp³-hybridized carbons (Fsp3) is 0.917. The lowest BCUT2D eigenvalue weighted by Gasteiger charge is -2.33. The molecule has 0 unspecified atom stereocenters. The third kappa shape index (κ3) is 4.10. The summed E-state index contributed by atoms with van der Waals surface area (Å²) in [6.07, 6.45) is 0. The van der Waals surface area contributed by atoms with Crippen LogP contribution in [0.4, 0.5) is 0 Å². The lowest BCUT2D eigenvalue weighted by molar-refractivity contribution is -0.133. The number of hydrogen-bond donors (Lipinski definition) is 0. The highest BCUT2D eigenvalue weighted by Gasteiger charge is 2.16. The quantitative estimate of drug-likeness (QED) is 0.693. The number of hydrogen-bond acceptors (Lipinski definition) is 3. The van der Waals surface area contributed by atoms with E-state index in [0.717, 1.165) is 39.3 Å². The maximum atomic E-state index is 11.7. The summed E-state index contributed by atoms with van der Waals surface area (Å²) in [5.41, 5.74) is 0. The second-order valence-electron chi connectivity index (χ2n) is 5.06. The molecule has 1 heterocycles. The van der Waals surface area contributed by atoms with Crippen LogP contribution < -0.4 is 0 Å². The van der Waals surface area contributed by atoms with Gasteiger partial charge in [0.05, 0.1) is 0 Å². The predicted octanol–water partition coefficient (Wildman–Crippen LogP) is 0.348. The Kier molecular flexibility index (Phi) is 5.22. The summed E-state index contributed by atoms with van der Waals surface area (Å²) in [7, 11) is 4.06. The molecule has 0 aromatic rings. The van der Waals surface area contributed by atoms with Crippen LogP contribution in [0, 0.1) is 5.92 Å². The maximum Gasteiger partial charge on any atom is 0.224 e. The Bertz CT molecular complexity index is 222. The lowest BCUT2D eigenvalue weighted by Crippen LogP contribution is -2.47. The van der Waals surface area contributed by atoms with E-state index < -0.39 is 0 Å². The Morgan fingerprint density at radius 2 is 1.81 bits per heavy atom. The second-order valence-corrected chi connectivity index (χ2v) is 5.06. The first-order valence-electron chi connectivity index (χ1n) is 6.16. The van der Waals surface area contributed by atoms with Crippen molar-refractivity contribution in [2.24, 2.45) is 5.92 Å². The van der Waals surface area contributed by atoms with Crippen LogP contribution >= 0.6 is 0 Å². The number of piperazine rings is 1. The molecule has 1 amide bonds. The smallest absolute Gasteiger partial charge is 0.224 e. The lowest BCUT2D eigenvalue weighted by atomic mass is 10.2. The van der Waals surface area contributed by atoms with Crippen LogP contribution in [0.1, 0.15) is 13.8 Å². The van der Waals surface area contributed by atoms with E-state index in [4.69, 9.17) is 0 Å². The highest BCUT2D eigenvalue weighted by atomic mass is 16.2. The normalized spacial score (nSPS) is 19.1. The Balaban J connectivity index is 2.21. The molecule has 94 valence electrons. The second kappa shape index (κ2) is 6.21. The predicted molar refractivity (Wildman–Crippen MR) is 66.4 cm³/mol. The van der Waals surface area contributed by atoms with Gasteiger partial charge in [0, 0.05) is 52.2 Å². The van der Waals surface area contributed by atoms with Gasteiger partial charge in [0.2, 0.25) is 5.91 Å². The molecule has 0 spiro atoms. The molecular formula is C12H25N3O. The standard InChI is InChI=1S/C12H25N3O/c1-11(2)12(16)14(4)7-10-15-8-5-13(3)6-9-15/h11H,5-10H2,1-4H3. The molecule has 0 bridgehead atoms. The van der Waals surface area contributed by atoms with E-state index in [1.807, 2.05) is 25.8 Å². The number of nitrogens with zero attached hydrogens (tertiary/aromatic N) is 3. The van der Waals surface area contributed by atoms with Gasteiger partial charge in [-0.3, -0.25) is 9.69 Å². The zero-order valence-corrected chi connectivity index (χ0v) is 11.1. The maximum absolute atomic E-state index is 11.7. The number of carbonyl (C=O) groups excluding carboxylic acids is 1. The summed E-state index contributed by atoms with van der Waals surface area (Å²) in [4.78, 5) is 18.3. The summed E-state index contributed by atoms with van der Waals surface area (Å²) >= 11 is 0. The van der Waals surface area contributed by atoms with E-state index in [-0.39, 0.29) is 11.8 Å². The summed E-state index contributed by atoms with van der Waals surface area (Å²) in [6.45, 7) is 10.3. The number of carbonyl (C=O) groups is 1. The van der Waals surface area contributed by atoms with Crippen molar-refractivity contribution in [3.05, 3.63) is 0 Å². The Labute approximate surface area is 99.2 Å². The molecule has 0 N–H and O–H groups in total. The van der Waals surface area contributed by atoms with Crippen LogP contribution in [-0.2, 0) is 4.79 Å². The van der Waals surface area contributed by atoms with Gasteiger partial charge in [0.15, 0.2) is 0 Å². The molecule has 0 radical (unpaired) electrons. The van der Waals surface area contributed by atoms with Gasteiger partial charge >= 0.3 is 0 Å². The first-order chi connectivity index (χ1) is 7.50. The average Bonchev–Trinajstić information content (AvgIpc) is 2.26. The minimum atomic E-state index is 0.109. The van der Waals surface area contributed by atoms with Gasteiger partial charge in [-0.15, -0.1) is 0 Å².